The number of nitrogens with one attached hydrogen (secondary N) is 1. The largest absolute Gasteiger partial charge is 0.508 e. The van der Waals surface area contributed by atoms with Crippen LogP contribution in [0.15, 0.2) is 78.9 Å². The van der Waals surface area contributed by atoms with E-state index in [-0.39, 0.29) is 11.8 Å². The first-order valence-electron chi connectivity index (χ1n) is 7.89. The minimum atomic E-state index is -0.129. The molecular weight excluding hydrogens is 294 g/mol. The van der Waals surface area contributed by atoms with Crippen LogP contribution >= 0.6 is 0 Å². The molecule has 0 fully saturated rings. The quantitative estimate of drug-likeness (QED) is 0.532. The second kappa shape index (κ2) is 7.39. The van der Waals surface area contributed by atoms with E-state index < -0.39 is 0 Å². The van der Waals surface area contributed by atoms with Gasteiger partial charge in [-0.15, -0.1) is 0 Å². The van der Waals surface area contributed by atoms with Crippen molar-refractivity contribution in [3.05, 3.63) is 95.6 Å². The van der Waals surface area contributed by atoms with E-state index in [4.69, 9.17) is 0 Å². The number of aromatic hydroxyl groups is 1. The summed E-state index contributed by atoms with van der Waals surface area (Å²) in [5.74, 6) is 6.79. The fourth-order valence-corrected chi connectivity index (χ4v) is 2.36. The Labute approximate surface area is 142 Å². The Morgan fingerprint density at radius 1 is 0.833 bits per heavy atom. The minimum absolute atomic E-state index is 0.129. The zero-order valence-corrected chi connectivity index (χ0v) is 13.5. The molecule has 0 saturated heterocycles. The van der Waals surface area contributed by atoms with Crippen molar-refractivity contribution in [2.45, 2.75) is 13.0 Å². The normalized spacial score (nSPS) is 11.2. The molecule has 24 heavy (non-hydrogen) atoms. The highest BCUT2D eigenvalue weighted by atomic mass is 16.3. The van der Waals surface area contributed by atoms with E-state index in [9.17, 15) is 5.11 Å². The first-order chi connectivity index (χ1) is 11.7. The van der Waals surface area contributed by atoms with Crippen LogP contribution in [0, 0.1) is 18.8 Å². The van der Waals surface area contributed by atoms with Crippen LogP contribution in [0.25, 0.3) is 0 Å². The van der Waals surface area contributed by atoms with Gasteiger partial charge in [0.15, 0.2) is 0 Å². The summed E-state index contributed by atoms with van der Waals surface area (Å²) in [5.41, 5.74) is 4.23. The third kappa shape index (κ3) is 4.18. The molecule has 3 aromatic rings. The highest BCUT2D eigenvalue weighted by Crippen LogP contribution is 2.21. The lowest BCUT2D eigenvalue weighted by molar-refractivity contribution is 0.475. The molecule has 0 heterocycles. The Balaban J connectivity index is 1.90. The molecule has 0 unspecified atom stereocenters. The number of anilines is 1. The molecule has 0 spiro atoms. The standard InChI is InChI=1S/C22H19NO/c1-17-7-10-19(11-8-17)22(16-9-18-5-3-2-4-6-18)23-20-12-14-21(24)15-13-20/h2-8,10-15,22-24H,1H3/t22-/m0/s1. The van der Waals surface area contributed by atoms with Crippen molar-refractivity contribution in [3.63, 3.8) is 0 Å². The summed E-state index contributed by atoms with van der Waals surface area (Å²) < 4.78 is 0. The van der Waals surface area contributed by atoms with Gasteiger partial charge in [0.2, 0.25) is 0 Å². The van der Waals surface area contributed by atoms with Gasteiger partial charge >= 0.3 is 0 Å². The Kier molecular flexibility index (Phi) is 4.84. The summed E-state index contributed by atoms with van der Waals surface area (Å²) >= 11 is 0. The number of phenols is 1. The summed E-state index contributed by atoms with van der Waals surface area (Å²) in [6, 6.07) is 25.2. The number of hydrogen-bond donors (Lipinski definition) is 2. The predicted molar refractivity (Wildman–Crippen MR) is 99.0 cm³/mol. The highest BCUT2D eigenvalue weighted by Gasteiger charge is 2.08. The lowest BCUT2D eigenvalue weighted by Crippen LogP contribution is -2.08. The Morgan fingerprint density at radius 2 is 1.50 bits per heavy atom. The van der Waals surface area contributed by atoms with Gasteiger partial charge in [0.1, 0.15) is 11.8 Å². The van der Waals surface area contributed by atoms with E-state index >= 15 is 0 Å². The molecule has 118 valence electrons. The summed E-state index contributed by atoms with van der Waals surface area (Å²) in [4.78, 5) is 0. The van der Waals surface area contributed by atoms with Gasteiger partial charge in [-0.25, -0.2) is 0 Å². The summed E-state index contributed by atoms with van der Waals surface area (Å²) in [5, 5.41) is 12.9. The Hall–Kier alpha value is -3.18. The monoisotopic (exact) mass is 313 g/mol. The average Bonchev–Trinajstić information content (AvgIpc) is 2.62. The maximum absolute atomic E-state index is 9.43. The predicted octanol–water partition coefficient (Wildman–Crippen LogP) is 4.91. The number of hydrogen-bond acceptors (Lipinski definition) is 2. The molecule has 0 saturated carbocycles. The van der Waals surface area contributed by atoms with E-state index in [1.54, 1.807) is 12.1 Å². The van der Waals surface area contributed by atoms with E-state index in [0.717, 1.165) is 16.8 Å². The van der Waals surface area contributed by atoms with E-state index in [1.807, 2.05) is 42.5 Å². The van der Waals surface area contributed by atoms with Gasteiger partial charge in [0.25, 0.3) is 0 Å². The molecule has 0 amide bonds. The van der Waals surface area contributed by atoms with Crippen molar-refractivity contribution in [3.8, 4) is 17.6 Å². The first kappa shape index (κ1) is 15.7. The van der Waals surface area contributed by atoms with Crippen molar-refractivity contribution in [1.29, 1.82) is 0 Å². The molecule has 0 aliphatic carbocycles. The van der Waals surface area contributed by atoms with E-state index in [1.165, 1.54) is 5.56 Å². The summed E-state index contributed by atoms with van der Waals surface area (Å²) in [6.45, 7) is 2.07. The van der Waals surface area contributed by atoms with Gasteiger partial charge in [0, 0.05) is 11.3 Å². The molecule has 0 aliphatic rings. The van der Waals surface area contributed by atoms with Crippen molar-refractivity contribution >= 4 is 5.69 Å². The number of phenolic OH excluding ortho intramolecular Hbond substituents is 1. The third-order valence-corrected chi connectivity index (χ3v) is 3.72. The molecule has 0 aliphatic heterocycles. The Morgan fingerprint density at radius 3 is 2.17 bits per heavy atom. The van der Waals surface area contributed by atoms with Crippen molar-refractivity contribution in [2.24, 2.45) is 0 Å². The van der Waals surface area contributed by atoms with Gasteiger partial charge in [0.05, 0.1) is 0 Å². The fraction of sp³-hybridized carbons (Fsp3) is 0.0909. The highest BCUT2D eigenvalue weighted by molar-refractivity contribution is 5.51. The molecular formula is C22H19NO. The van der Waals surface area contributed by atoms with Crippen LogP contribution in [0.3, 0.4) is 0 Å². The van der Waals surface area contributed by atoms with Crippen LogP contribution < -0.4 is 5.32 Å². The number of aryl methyl sites for hydroxylation is 1. The zero-order valence-electron chi connectivity index (χ0n) is 13.5. The van der Waals surface area contributed by atoms with Gasteiger partial charge < -0.3 is 10.4 Å². The third-order valence-electron chi connectivity index (χ3n) is 3.72. The molecule has 2 N–H and O–H groups in total. The van der Waals surface area contributed by atoms with Crippen molar-refractivity contribution in [2.75, 3.05) is 5.32 Å². The second-order valence-corrected chi connectivity index (χ2v) is 5.67. The second-order valence-electron chi connectivity index (χ2n) is 5.67. The molecule has 3 aromatic carbocycles. The van der Waals surface area contributed by atoms with Gasteiger partial charge in [-0.3, -0.25) is 0 Å². The molecule has 1 atom stereocenters. The van der Waals surface area contributed by atoms with Crippen LogP contribution in [0.5, 0.6) is 5.75 Å². The van der Waals surface area contributed by atoms with Crippen LogP contribution in [0.1, 0.15) is 22.7 Å². The zero-order chi connectivity index (χ0) is 16.8. The average molecular weight is 313 g/mol. The molecule has 2 heteroatoms. The molecule has 0 aromatic heterocycles. The molecule has 3 rings (SSSR count). The topological polar surface area (TPSA) is 32.3 Å². The van der Waals surface area contributed by atoms with Crippen LogP contribution in [0.4, 0.5) is 5.69 Å². The van der Waals surface area contributed by atoms with Crippen molar-refractivity contribution < 1.29 is 5.11 Å². The molecule has 2 nitrogen and oxygen atoms in total. The lowest BCUT2D eigenvalue weighted by Gasteiger charge is -2.15. The molecule has 0 radical (unpaired) electrons. The summed E-state index contributed by atoms with van der Waals surface area (Å²) in [7, 11) is 0. The van der Waals surface area contributed by atoms with Crippen LogP contribution in [-0.2, 0) is 0 Å². The maximum Gasteiger partial charge on any atom is 0.115 e. The lowest BCUT2D eigenvalue weighted by atomic mass is 10.0. The van der Waals surface area contributed by atoms with Gasteiger partial charge in [-0.1, -0.05) is 59.9 Å². The van der Waals surface area contributed by atoms with Gasteiger partial charge in [-0.2, -0.15) is 0 Å². The first-order valence-corrected chi connectivity index (χ1v) is 7.89. The van der Waals surface area contributed by atoms with E-state index in [0.29, 0.717) is 0 Å². The minimum Gasteiger partial charge on any atom is -0.508 e. The number of rotatable bonds is 3. The SMILES string of the molecule is Cc1ccc([C@H](C#Cc2ccccc2)Nc2ccc(O)cc2)cc1. The summed E-state index contributed by atoms with van der Waals surface area (Å²) in [6.07, 6.45) is 0. The van der Waals surface area contributed by atoms with Crippen molar-refractivity contribution in [1.82, 2.24) is 0 Å². The van der Waals surface area contributed by atoms with Crippen LogP contribution in [-0.4, -0.2) is 5.11 Å². The number of benzene rings is 3. The van der Waals surface area contributed by atoms with Gasteiger partial charge in [-0.05, 0) is 48.9 Å². The van der Waals surface area contributed by atoms with E-state index in [2.05, 4.69) is 48.3 Å². The fourth-order valence-electron chi connectivity index (χ4n) is 2.36. The van der Waals surface area contributed by atoms with Crippen LogP contribution in [0.2, 0.25) is 0 Å². The maximum atomic E-state index is 9.43. The Bertz CT molecular complexity index is 840. The smallest absolute Gasteiger partial charge is 0.115 e. The molecule has 0 bridgehead atoms.